The predicted molar refractivity (Wildman–Crippen MR) is 80.0 cm³/mol. The fourth-order valence-electron chi connectivity index (χ4n) is 3.70. The highest BCUT2D eigenvalue weighted by atomic mass is 16.5. The number of rotatable bonds is 4. The van der Waals surface area contributed by atoms with E-state index in [2.05, 4.69) is 5.32 Å². The molecule has 3 rings (SSSR count). The van der Waals surface area contributed by atoms with Gasteiger partial charge in [0.2, 0.25) is 5.91 Å². The second kappa shape index (κ2) is 5.88. The van der Waals surface area contributed by atoms with E-state index >= 15 is 0 Å². The number of hydrogen-bond acceptors (Lipinski definition) is 3. The first kappa shape index (κ1) is 14.1. The molecule has 0 radical (unpaired) electrons. The molecule has 2 aliphatic rings. The molecule has 1 aromatic carbocycles. The zero-order valence-corrected chi connectivity index (χ0v) is 12.3. The van der Waals surface area contributed by atoms with Gasteiger partial charge in [-0.05, 0) is 62.3 Å². The van der Waals surface area contributed by atoms with Crippen LogP contribution in [0.3, 0.4) is 0 Å². The molecule has 1 N–H and O–H groups in total. The zero-order valence-electron chi connectivity index (χ0n) is 12.3. The summed E-state index contributed by atoms with van der Waals surface area (Å²) >= 11 is 0. The Morgan fingerprint density at radius 1 is 1.19 bits per heavy atom. The van der Waals surface area contributed by atoms with Crippen molar-refractivity contribution in [3.63, 3.8) is 0 Å². The second-order valence-corrected chi connectivity index (χ2v) is 6.07. The third-order valence-electron chi connectivity index (χ3n) is 4.74. The van der Waals surface area contributed by atoms with Gasteiger partial charge in [0.15, 0.2) is 0 Å². The lowest BCUT2D eigenvalue weighted by atomic mass is 9.88. The average molecular weight is 287 g/mol. The summed E-state index contributed by atoms with van der Waals surface area (Å²) in [4.78, 5) is 23.9. The van der Waals surface area contributed by atoms with Crippen molar-refractivity contribution in [2.45, 2.75) is 32.6 Å². The molecule has 2 aliphatic carbocycles. The predicted octanol–water partition coefficient (Wildman–Crippen LogP) is 3.24. The Balaban J connectivity index is 1.60. The van der Waals surface area contributed by atoms with Crippen LogP contribution < -0.4 is 5.32 Å². The lowest BCUT2D eigenvalue weighted by Crippen LogP contribution is -2.27. The van der Waals surface area contributed by atoms with Gasteiger partial charge in [0.1, 0.15) is 0 Å². The highest BCUT2D eigenvalue weighted by molar-refractivity contribution is 5.94. The van der Waals surface area contributed by atoms with E-state index in [0.717, 1.165) is 18.0 Å². The summed E-state index contributed by atoms with van der Waals surface area (Å²) in [5, 5.41) is 2.98. The molecule has 112 valence electrons. The Hall–Kier alpha value is -1.84. The topological polar surface area (TPSA) is 55.4 Å². The smallest absolute Gasteiger partial charge is 0.338 e. The molecule has 2 bridgehead atoms. The van der Waals surface area contributed by atoms with Crippen LogP contribution in [0.5, 0.6) is 0 Å². The lowest BCUT2D eigenvalue weighted by Gasteiger charge is -2.20. The van der Waals surface area contributed by atoms with Gasteiger partial charge in [-0.15, -0.1) is 0 Å². The van der Waals surface area contributed by atoms with Crippen molar-refractivity contribution < 1.29 is 14.3 Å². The van der Waals surface area contributed by atoms with E-state index in [0.29, 0.717) is 18.1 Å². The van der Waals surface area contributed by atoms with Crippen LogP contribution in [-0.4, -0.2) is 18.5 Å². The first-order chi connectivity index (χ1) is 10.2. The van der Waals surface area contributed by atoms with Gasteiger partial charge in [0, 0.05) is 11.6 Å². The quantitative estimate of drug-likeness (QED) is 0.865. The maximum absolute atomic E-state index is 12.3. The van der Waals surface area contributed by atoms with Gasteiger partial charge in [-0.3, -0.25) is 4.79 Å². The van der Waals surface area contributed by atoms with E-state index in [4.69, 9.17) is 4.74 Å². The number of hydrogen-bond donors (Lipinski definition) is 1. The molecular weight excluding hydrogens is 266 g/mol. The van der Waals surface area contributed by atoms with Crippen LogP contribution in [-0.2, 0) is 9.53 Å². The van der Waals surface area contributed by atoms with Crippen molar-refractivity contribution in [1.29, 1.82) is 0 Å². The minimum absolute atomic E-state index is 0.131. The number of esters is 1. The molecule has 0 saturated heterocycles. The molecule has 4 heteroatoms. The van der Waals surface area contributed by atoms with E-state index in [1.807, 2.05) is 0 Å². The minimum atomic E-state index is -0.330. The molecule has 0 heterocycles. The fraction of sp³-hybridized carbons (Fsp3) is 0.529. The SMILES string of the molecule is CCOC(=O)c1ccc(NC(=O)[C@H]2C[C@@H]3CC[C@H]2C3)cc1. The van der Waals surface area contributed by atoms with Crippen LogP contribution in [0.1, 0.15) is 43.0 Å². The Morgan fingerprint density at radius 3 is 2.52 bits per heavy atom. The van der Waals surface area contributed by atoms with Crippen molar-refractivity contribution in [3.8, 4) is 0 Å². The van der Waals surface area contributed by atoms with Crippen molar-refractivity contribution in [2.24, 2.45) is 17.8 Å². The van der Waals surface area contributed by atoms with Crippen molar-refractivity contribution in [3.05, 3.63) is 29.8 Å². The molecule has 21 heavy (non-hydrogen) atoms. The summed E-state index contributed by atoms with van der Waals surface area (Å²) in [7, 11) is 0. The van der Waals surface area contributed by atoms with Crippen LogP contribution in [0.15, 0.2) is 24.3 Å². The van der Waals surface area contributed by atoms with Crippen LogP contribution >= 0.6 is 0 Å². The molecule has 1 amide bonds. The number of ether oxygens (including phenoxy) is 1. The monoisotopic (exact) mass is 287 g/mol. The maximum atomic E-state index is 12.3. The minimum Gasteiger partial charge on any atom is -0.462 e. The first-order valence-electron chi connectivity index (χ1n) is 7.75. The Bertz CT molecular complexity index is 537. The number of amides is 1. The van der Waals surface area contributed by atoms with Crippen molar-refractivity contribution in [1.82, 2.24) is 0 Å². The molecule has 1 aromatic rings. The summed E-state index contributed by atoms with van der Waals surface area (Å²) in [6, 6.07) is 6.90. The van der Waals surface area contributed by atoms with Crippen molar-refractivity contribution in [2.75, 3.05) is 11.9 Å². The fourth-order valence-corrected chi connectivity index (χ4v) is 3.70. The molecule has 0 unspecified atom stereocenters. The van der Waals surface area contributed by atoms with Gasteiger partial charge in [-0.1, -0.05) is 6.42 Å². The largest absolute Gasteiger partial charge is 0.462 e. The van der Waals surface area contributed by atoms with Crippen LogP contribution in [0.25, 0.3) is 0 Å². The maximum Gasteiger partial charge on any atom is 0.338 e. The third kappa shape index (κ3) is 2.94. The first-order valence-corrected chi connectivity index (χ1v) is 7.75. The molecule has 0 aliphatic heterocycles. The Kier molecular flexibility index (Phi) is 3.95. The van der Waals surface area contributed by atoms with Crippen LogP contribution in [0.4, 0.5) is 5.69 Å². The number of benzene rings is 1. The molecule has 2 saturated carbocycles. The summed E-state index contributed by atoms with van der Waals surface area (Å²) in [5.41, 5.74) is 1.26. The highest BCUT2D eigenvalue weighted by Crippen LogP contribution is 2.48. The van der Waals surface area contributed by atoms with E-state index in [1.54, 1.807) is 31.2 Å². The molecule has 3 atom stereocenters. The molecule has 0 spiro atoms. The summed E-state index contributed by atoms with van der Waals surface area (Å²) in [6.45, 7) is 2.14. The molecule has 2 fully saturated rings. The zero-order chi connectivity index (χ0) is 14.8. The molecule has 0 aromatic heterocycles. The summed E-state index contributed by atoms with van der Waals surface area (Å²) in [5.74, 6) is 1.31. The van der Waals surface area contributed by atoms with E-state index < -0.39 is 0 Å². The lowest BCUT2D eigenvalue weighted by molar-refractivity contribution is -0.121. The van der Waals surface area contributed by atoms with Gasteiger partial charge in [-0.2, -0.15) is 0 Å². The number of anilines is 1. The average Bonchev–Trinajstić information content (AvgIpc) is 3.11. The second-order valence-electron chi connectivity index (χ2n) is 6.07. The highest BCUT2D eigenvalue weighted by Gasteiger charge is 2.42. The van der Waals surface area contributed by atoms with Gasteiger partial charge in [0.05, 0.1) is 12.2 Å². The van der Waals surface area contributed by atoms with Gasteiger partial charge in [-0.25, -0.2) is 4.79 Å². The van der Waals surface area contributed by atoms with E-state index in [9.17, 15) is 9.59 Å². The number of fused-ring (bicyclic) bond motifs is 2. The third-order valence-corrected chi connectivity index (χ3v) is 4.74. The number of carbonyl (C=O) groups is 2. The van der Waals surface area contributed by atoms with Crippen molar-refractivity contribution >= 4 is 17.6 Å². The summed E-state index contributed by atoms with van der Waals surface area (Å²) < 4.78 is 4.94. The van der Waals surface area contributed by atoms with Gasteiger partial charge >= 0.3 is 5.97 Å². The number of carbonyl (C=O) groups excluding carboxylic acids is 2. The number of nitrogens with one attached hydrogen (secondary N) is 1. The molecule has 4 nitrogen and oxygen atoms in total. The summed E-state index contributed by atoms with van der Waals surface area (Å²) in [6.07, 6.45) is 4.75. The molecular formula is C17H21NO3. The van der Waals surface area contributed by atoms with Gasteiger partial charge in [0.25, 0.3) is 0 Å². The van der Waals surface area contributed by atoms with E-state index in [1.165, 1.54) is 19.3 Å². The van der Waals surface area contributed by atoms with Crippen LogP contribution in [0.2, 0.25) is 0 Å². The normalized spacial score (nSPS) is 26.6. The standard InChI is InChI=1S/C17H21NO3/c1-2-21-17(20)12-5-7-14(8-6-12)18-16(19)15-10-11-3-4-13(15)9-11/h5-8,11,13,15H,2-4,9-10H2,1H3,(H,18,19)/t11-,13+,15+/m1/s1. The Morgan fingerprint density at radius 2 is 1.95 bits per heavy atom. The Labute approximate surface area is 124 Å². The van der Waals surface area contributed by atoms with Crippen LogP contribution in [0, 0.1) is 17.8 Å². The van der Waals surface area contributed by atoms with E-state index in [-0.39, 0.29) is 17.8 Å². The van der Waals surface area contributed by atoms with Gasteiger partial charge < -0.3 is 10.1 Å².